The van der Waals surface area contributed by atoms with Crippen molar-refractivity contribution in [2.75, 3.05) is 5.32 Å². The first kappa shape index (κ1) is 16.9. The summed E-state index contributed by atoms with van der Waals surface area (Å²) in [6.45, 7) is 13.6. The predicted molar refractivity (Wildman–Crippen MR) is 95.1 cm³/mol. The molecule has 2 heterocycles. The second kappa shape index (κ2) is 5.83. The van der Waals surface area contributed by atoms with Crippen LogP contribution in [0.1, 0.15) is 77.8 Å². The van der Waals surface area contributed by atoms with Crippen molar-refractivity contribution in [1.82, 2.24) is 24.7 Å². The summed E-state index contributed by atoms with van der Waals surface area (Å²) in [5.41, 5.74) is 0.938. The van der Waals surface area contributed by atoms with Crippen LogP contribution in [0.3, 0.4) is 0 Å². The van der Waals surface area contributed by atoms with E-state index in [4.69, 9.17) is 9.97 Å². The molecule has 1 N–H and O–H groups in total. The van der Waals surface area contributed by atoms with Gasteiger partial charge in [-0.3, -0.25) is 0 Å². The lowest BCUT2D eigenvalue weighted by molar-refractivity contribution is 0.514. The van der Waals surface area contributed by atoms with Crippen molar-refractivity contribution in [2.24, 2.45) is 0 Å². The normalized spacial score (nSPS) is 15.6. The zero-order valence-corrected chi connectivity index (χ0v) is 15.6. The van der Waals surface area contributed by atoms with Crippen LogP contribution in [0.25, 0.3) is 0 Å². The van der Waals surface area contributed by atoms with Gasteiger partial charge in [0.05, 0.1) is 12.2 Å². The summed E-state index contributed by atoms with van der Waals surface area (Å²) in [6.07, 6.45) is 4.28. The molecule has 2 aromatic rings. The van der Waals surface area contributed by atoms with Gasteiger partial charge in [0.2, 0.25) is 0 Å². The van der Waals surface area contributed by atoms with Crippen molar-refractivity contribution in [3.8, 4) is 0 Å². The van der Waals surface area contributed by atoms with E-state index in [0.29, 0.717) is 12.6 Å². The van der Waals surface area contributed by atoms with Crippen LogP contribution in [-0.2, 0) is 17.4 Å². The quantitative estimate of drug-likeness (QED) is 0.928. The molecule has 0 unspecified atom stereocenters. The molecule has 0 amide bonds. The summed E-state index contributed by atoms with van der Waals surface area (Å²) in [4.78, 5) is 9.52. The molecule has 1 saturated carbocycles. The highest BCUT2D eigenvalue weighted by atomic mass is 15.3. The third-order valence-corrected chi connectivity index (χ3v) is 4.18. The maximum atomic E-state index is 4.79. The van der Waals surface area contributed by atoms with E-state index in [9.17, 15) is 0 Å². The van der Waals surface area contributed by atoms with Crippen molar-refractivity contribution >= 4 is 5.82 Å². The van der Waals surface area contributed by atoms with E-state index in [1.54, 1.807) is 0 Å². The molecular formula is C18H28N6. The van der Waals surface area contributed by atoms with Crippen molar-refractivity contribution in [3.05, 3.63) is 29.7 Å². The number of aromatic nitrogens is 5. The van der Waals surface area contributed by atoms with E-state index in [0.717, 1.165) is 23.2 Å². The molecule has 1 aliphatic carbocycles. The second-order valence-corrected chi connectivity index (χ2v) is 8.70. The maximum Gasteiger partial charge on any atom is 0.152 e. The first-order valence-corrected chi connectivity index (χ1v) is 8.67. The SMILES string of the molecule is CC(C)(C)c1cc(NCc2nncn2C2CC2)nc(C(C)(C)C)n1. The molecule has 0 aromatic carbocycles. The fraction of sp³-hybridized carbons (Fsp3) is 0.667. The Hall–Kier alpha value is -1.98. The number of nitrogens with one attached hydrogen (secondary N) is 1. The summed E-state index contributed by atoms with van der Waals surface area (Å²) in [5.74, 6) is 2.68. The van der Waals surface area contributed by atoms with Crippen LogP contribution < -0.4 is 5.32 Å². The maximum absolute atomic E-state index is 4.79. The Balaban J connectivity index is 1.85. The van der Waals surface area contributed by atoms with Gasteiger partial charge in [0.15, 0.2) is 5.82 Å². The minimum absolute atomic E-state index is 0.0204. The Morgan fingerprint density at radius 2 is 1.79 bits per heavy atom. The number of hydrogen-bond donors (Lipinski definition) is 1. The number of hydrogen-bond acceptors (Lipinski definition) is 5. The summed E-state index contributed by atoms with van der Waals surface area (Å²) >= 11 is 0. The Bertz CT molecular complexity index is 684. The highest BCUT2D eigenvalue weighted by Gasteiger charge is 2.26. The minimum Gasteiger partial charge on any atom is -0.363 e. The molecule has 2 aromatic heterocycles. The number of nitrogens with zero attached hydrogens (tertiary/aromatic N) is 5. The lowest BCUT2D eigenvalue weighted by Gasteiger charge is -2.24. The molecule has 130 valence electrons. The molecule has 1 aliphatic rings. The highest BCUT2D eigenvalue weighted by molar-refractivity contribution is 5.39. The molecule has 6 nitrogen and oxygen atoms in total. The van der Waals surface area contributed by atoms with Crippen molar-refractivity contribution < 1.29 is 0 Å². The fourth-order valence-electron chi connectivity index (χ4n) is 2.48. The van der Waals surface area contributed by atoms with Crippen LogP contribution in [-0.4, -0.2) is 24.7 Å². The molecular weight excluding hydrogens is 300 g/mol. The van der Waals surface area contributed by atoms with E-state index >= 15 is 0 Å². The van der Waals surface area contributed by atoms with Crippen LogP contribution in [0, 0.1) is 0 Å². The molecule has 1 fully saturated rings. The lowest BCUT2D eigenvalue weighted by atomic mass is 9.90. The fourth-order valence-corrected chi connectivity index (χ4v) is 2.48. The predicted octanol–water partition coefficient (Wildman–Crippen LogP) is 3.61. The summed E-state index contributed by atoms with van der Waals surface area (Å²) < 4.78 is 2.17. The number of anilines is 1. The smallest absolute Gasteiger partial charge is 0.152 e. The Labute approximate surface area is 144 Å². The highest BCUT2D eigenvalue weighted by Crippen LogP contribution is 2.35. The standard InChI is InChI=1S/C18H28N6/c1-17(2,3)13-9-14(22-16(21-13)18(4,5)6)19-10-15-23-20-11-24(15)12-7-8-12/h9,11-12H,7-8,10H2,1-6H3,(H,19,21,22). The molecule has 0 saturated heterocycles. The van der Waals surface area contributed by atoms with Gasteiger partial charge < -0.3 is 9.88 Å². The van der Waals surface area contributed by atoms with Gasteiger partial charge in [-0.1, -0.05) is 41.5 Å². The zero-order chi connectivity index (χ0) is 17.5. The minimum atomic E-state index is -0.0915. The van der Waals surface area contributed by atoms with Gasteiger partial charge in [-0.2, -0.15) is 0 Å². The molecule has 0 radical (unpaired) electrons. The van der Waals surface area contributed by atoms with Crippen molar-refractivity contribution in [1.29, 1.82) is 0 Å². The van der Waals surface area contributed by atoms with E-state index in [1.807, 2.05) is 12.4 Å². The van der Waals surface area contributed by atoms with E-state index in [2.05, 4.69) is 61.6 Å². The van der Waals surface area contributed by atoms with Crippen molar-refractivity contribution in [2.45, 2.75) is 77.8 Å². The van der Waals surface area contributed by atoms with Gasteiger partial charge in [0, 0.05) is 22.9 Å². The van der Waals surface area contributed by atoms with Gasteiger partial charge in [-0.05, 0) is 12.8 Å². The topological polar surface area (TPSA) is 68.5 Å². The Morgan fingerprint density at radius 1 is 1.08 bits per heavy atom. The molecule has 24 heavy (non-hydrogen) atoms. The largest absolute Gasteiger partial charge is 0.363 e. The van der Waals surface area contributed by atoms with Gasteiger partial charge in [-0.15, -0.1) is 10.2 Å². The number of rotatable bonds is 4. The van der Waals surface area contributed by atoms with Gasteiger partial charge in [0.25, 0.3) is 0 Å². The van der Waals surface area contributed by atoms with Gasteiger partial charge >= 0.3 is 0 Å². The molecule has 3 rings (SSSR count). The molecule has 6 heteroatoms. The van der Waals surface area contributed by atoms with Crippen LogP contribution in [0.2, 0.25) is 0 Å². The van der Waals surface area contributed by atoms with Crippen LogP contribution >= 0.6 is 0 Å². The third kappa shape index (κ3) is 3.74. The van der Waals surface area contributed by atoms with Crippen LogP contribution in [0.5, 0.6) is 0 Å². The van der Waals surface area contributed by atoms with E-state index in [-0.39, 0.29) is 10.8 Å². The summed E-state index contributed by atoms with van der Waals surface area (Å²) in [7, 11) is 0. The Morgan fingerprint density at radius 3 is 2.38 bits per heavy atom. The van der Waals surface area contributed by atoms with E-state index in [1.165, 1.54) is 12.8 Å². The zero-order valence-electron chi connectivity index (χ0n) is 15.6. The average Bonchev–Trinajstić information content (AvgIpc) is 3.21. The Kier molecular flexibility index (Phi) is 4.10. The third-order valence-electron chi connectivity index (χ3n) is 4.18. The first-order chi connectivity index (χ1) is 11.1. The van der Waals surface area contributed by atoms with Crippen LogP contribution in [0.15, 0.2) is 12.4 Å². The molecule has 0 aliphatic heterocycles. The monoisotopic (exact) mass is 328 g/mol. The summed E-state index contributed by atoms with van der Waals surface area (Å²) in [5, 5.41) is 11.7. The van der Waals surface area contributed by atoms with Crippen molar-refractivity contribution in [3.63, 3.8) is 0 Å². The second-order valence-electron chi connectivity index (χ2n) is 8.70. The van der Waals surface area contributed by atoms with E-state index < -0.39 is 0 Å². The first-order valence-electron chi connectivity index (χ1n) is 8.67. The van der Waals surface area contributed by atoms with Gasteiger partial charge in [0.1, 0.15) is 18.0 Å². The molecule has 0 spiro atoms. The lowest BCUT2D eigenvalue weighted by Crippen LogP contribution is -2.22. The van der Waals surface area contributed by atoms with Crippen LogP contribution in [0.4, 0.5) is 5.82 Å². The molecule has 0 bridgehead atoms. The molecule has 0 atom stereocenters. The summed E-state index contributed by atoms with van der Waals surface area (Å²) in [6, 6.07) is 2.63. The average molecular weight is 328 g/mol. The van der Waals surface area contributed by atoms with Gasteiger partial charge in [-0.25, -0.2) is 9.97 Å².